The van der Waals surface area contributed by atoms with Crippen LogP contribution in [0.3, 0.4) is 0 Å². The summed E-state index contributed by atoms with van der Waals surface area (Å²) in [6.07, 6.45) is 5.63. The van der Waals surface area contributed by atoms with Gasteiger partial charge in [-0.2, -0.15) is 9.94 Å². The topological polar surface area (TPSA) is 136 Å². The summed E-state index contributed by atoms with van der Waals surface area (Å²) in [5, 5.41) is 24.4. The summed E-state index contributed by atoms with van der Waals surface area (Å²) < 4.78 is 11.9. The van der Waals surface area contributed by atoms with E-state index >= 15 is 0 Å². The second-order valence-corrected chi connectivity index (χ2v) is 8.73. The number of amides is 1. The van der Waals surface area contributed by atoms with Gasteiger partial charge in [0.25, 0.3) is 5.91 Å². The Bertz CT molecular complexity index is 1450. The van der Waals surface area contributed by atoms with Crippen molar-refractivity contribution in [3.8, 4) is 17.5 Å². The second kappa shape index (κ2) is 9.74. The molecule has 0 fully saturated rings. The number of thiophene rings is 1. The Morgan fingerprint density at radius 2 is 2.09 bits per heavy atom. The van der Waals surface area contributed by atoms with Gasteiger partial charge < -0.3 is 14.5 Å². The van der Waals surface area contributed by atoms with Gasteiger partial charge in [0.2, 0.25) is 0 Å². The zero-order chi connectivity index (χ0) is 24.2. The smallest absolute Gasteiger partial charge is 0.357 e. The maximum Gasteiger partial charge on any atom is 0.357 e. The minimum Gasteiger partial charge on any atom is -0.465 e. The van der Waals surface area contributed by atoms with Crippen molar-refractivity contribution in [3.63, 3.8) is 0 Å². The lowest BCUT2D eigenvalue weighted by molar-refractivity contribution is -0.141. The van der Waals surface area contributed by atoms with E-state index in [1.165, 1.54) is 28.4 Å². The number of esters is 1. The van der Waals surface area contributed by atoms with Crippen molar-refractivity contribution >= 4 is 40.0 Å². The number of fused-ring (bicyclic) bond motifs is 1. The molecule has 0 spiro atoms. The molecule has 3 heterocycles. The lowest BCUT2D eigenvalue weighted by atomic mass is 10.1. The summed E-state index contributed by atoms with van der Waals surface area (Å²) in [7, 11) is 0. The number of hydrogen-bond acceptors (Lipinski definition) is 9. The van der Waals surface area contributed by atoms with Crippen LogP contribution in [0.1, 0.15) is 28.2 Å². The number of benzene rings is 1. The van der Waals surface area contributed by atoms with Gasteiger partial charge in [-0.3, -0.25) is 4.79 Å². The Morgan fingerprint density at radius 3 is 2.86 bits per heavy atom. The molecule has 0 bridgehead atoms. The van der Waals surface area contributed by atoms with Crippen molar-refractivity contribution in [2.45, 2.75) is 19.3 Å². The second-order valence-electron chi connectivity index (χ2n) is 7.62. The summed E-state index contributed by atoms with van der Waals surface area (Å²) in [5.74, 6) is -0.679. The van der Waals surface area contributed by atoms with Gasteiger partial charge in [0.15, 0.2) is 18.1 Å². The van der Waals surface area contributed by atoms with Crippen molar-refractivity contribution in [1.82, 2.24) is 20.2 Å². The number of furan rings is 1. The normalized spacial score (nSPS) is 12.7. The van der Waals surface area contributed by atoms with Crippen LogP contribution >= 0.6 is 11.3 Å². The summed E-state index contributed by atoms with van der Waals surface area (Å²) in [6.45, 7) is -0.551. The van der Waals surface area contributed by atoms with Crippen LogP contribution < -0.4 is 5.32 Å². The number of nitrogens with zero attached hydrogens (tertiary/aromatic N) is 5. The number of nitriles is 1. The van der Waals surface area contributed by atoms with Crippen molar-refractivity contribution in [2.24, 2.45) is 0 Å². The molecule has 1 N–H and O–H groups in total. The third-order valence-electron chi connectivity index (χ3n) is 5.38. The average Bonchev–Trinajstić information content (AvgIpc) is 3.67. The van der Waals surface area contributed by atoms with Crippen molar-refractivity contribution < 1.29 is 18.7 Å². The van der Waals surface area contributed by atoms with E-state index in [2.05, 4.69) is 26.9 Å². The molecule has 0 unspecified atom stereocenters. The number of anilines is 1. The average molecular weight is 487 g/mol. The van der Waals surface area contributed by atoms with Crippen LogP contribution in [-0.2, 0) is 27.2 Å². The van der Waals surface area contributed by atoms with E-state index in [1.807, 2.05) is 18.2 Å². The van der Waals surface area contributed by atoms with Gasteiger partial charge in [-0.05, 0) is 47.4 Å². The Morgan fingerprint density at radius 1 is 1.23 bits per heavy atom. The zero-order valence-corrected chi connectivity index (χ0v) is 19.1. The quantitative estimate of drug-likeness (QED) is 0.309. The Hall–Kier alpha value is -4.56. The first-order valence-corrected chi connectivity index (χ1v) is 11.6. The highest BCUT2D eigenvalue weighted by molar-refractivity contribution is 7.16. The Kier molecular flexibility index (Phi) is 6.19. The molecular formula is C24H18N6O4S. The number of hydrogen-bond donors (Lipinski definition) is 1. The fourth-order valence-corrected chi connectivity index (χ4v) is 5.07. The number of ether oxygens (including phenoxy) is 1. The number of nitrogens with one attached hydrogen (secondary N) is 1. The van der Waals surface area contributed by atoms with Gasteiger partial charge in [0.1, 0.15) is 16.8 Å². The molecule has 3 aromatic heterocycles. The van der Waals surface area contributed by atoms with E-state index in [1.54, 1.807) is 24.3 Å². The number of rotatable bonds is 7. The third kappa shape index (κ3) is 4.60. The summed E-state index contributed by atoms with van der Waals surface area (Å²) in [6, 6.07) is 14.6. The number of aryl methyl sites for hydroxylation is 1. The van der Waals surface area contributed by atoms with Crippen LogP contribution in [0.2, 0.25) is 0 Å². The van der Waals surface area contributed by atoms with E-state index in [0.29, 0.717) is 27.7 Å². The standard InChI is InChI=1S/C24H18N6O4S/c25-13-18-17-9-4-10-20(17)35-23(18)26-21(31)14-34-24(32)19(12-16-8-5-11-33-16)30-22(27-28-29-30)15-6-2-1-3-7-15/h1-3,5-8,11-12H,4,9-10,14H2,(H,26,31)/b19-12-. The Labute approximate surface area is 203 Å². The van der Waals surface area contributed by atoms with Crippen LogP contribution in [0, 0.1) is 11.3 Å². The molecule has 0 atom stereocenters. The van der Waals surface area contributed by atoms with E-state index in [4.69, 9.17) is 9.15 Å². The van der Waals surface area contributed by atoms with Crippen molar-refractivity contribution in [2.75, 3.05) is 11.9 Å². The molecule has 11 heteroatoms. The number of carbonyl (C=O) groups is 2. The molecule has 0 saturated heterocycles. The SMILES string of the molecule is N#Cc1c(NC(=O)COC(=O)/C(=C/c2ccco2)n2nnnc2-c2ccccc2)sc2c1CCC2. The Balaban J connectivity index is 1.35. The number of tetrazole rings is 1. The first kappa shape index (κ1) is 22.2. The molecule has 1 aliphatic carbocycles. The van der Waals surface area contributed by atoms with Gasteiger partial charge in [0, 0.05) is 16.5 Å². The van der Waals surface area contributed by atoms with Gasteiger partial charge in [0.05, 0.1) is 11.8 Å². The fourth-order valence-electron chi connectivity index (χ4n) is 3.81. The fraction of sp³-hybridized carbons (Fsp3) is 0.167. The van der Waals surface area contributed by atoms with Gasteiger partial charge >= 0.3 is 5.97 Å². The molecule has 0 radical (unpaired) electrons. The lowest BCUT2D eigenvalue weighted by Gasteiger charge is -2.10. The monoisotopic (exact) mass is 486 g/mol. The summed E-state index contributed by atoms with van der Waals surface area (Å²) >= 11 is 1.39. The van der Waals surface area contributed by atoms with Crippen LogP contribution in [-0.4, -0.2) is 38.7 Å². The minimum absolute atomic E-state index is 0.0376. The maximum atomic E-state index is 13.1. The molecule has 10 nitrogen and oxygen atoms in total. The van der Waals surface area contributed by atoms with Crippen LogP contribution in [0.5, 0.6) is 0 Å². The van der Waals surface area contributed by atoms with Gasteiger partial charge in [-0.25, -0.2) is 4.79 Å². The largest absolute Gasteiger partial charge is 0.465 e. The predicted molar refractivity (Wildman–Crippen MR) is 127 cm³/mol. The molecule has 1 aromatic carbocycles. The van der Waals surface area contributed by atoms with Crippen LogP contribution in [0.15, 0.2) is 53.1 Å². The number of carbonyl (C=O) groups excluding carboxylic acids is 2. The first-order chi connectivity index (χ1) is 17.1. The molecule has 0 aliphatic heterocycles. The summed E-state index contributed by atoms with van der Waals surface area (Å²) in [5.41, 5.74) is 2.13. The highest BCUT2D eigenvalue weighted by Gasteiger charge is 2.25. The molecule has 4 aromatic rings. The van der Waals surface area contributed by atoms with Gasteiger partial charge in [-0.1, -0.05) is 30.3 Å². The molecule has 1 amide bonds. The number of aromatic nitrogens is 4. The molecule has 35 heavy (non-hydrogen) atoms. The maximum absolute atomic E-state index is 13.1. The van der Waals surface area contributed by atoms with Crippen molar-refractivity contribution in [3.05, 3.63) is 70.5 Å². The van der Waals surface area contributed by atoms with Gasteiger partial charge in [-0.15, -0.1) is 16.4 Å². The highest BCUT2D eigenvalue weighted by Crippen LogP contribution is 2.38. The van der Waals surface area contributed by atoms with E-state index < -0.39 is 18.5 Å². The molecule has 0 saturated carbocycles. The van der Waals surface area contributed by atoms with Crippen LogP contribution in [0.4, 0.5) is 5.00 Å². The molecule has 1 aliphatic rings. The van der Waals surface area contributed by atoms with Crippen molar-refractivity contribution in [1.29, 1.82) is 5.26 Å². The predicted octanol–water partition coefficient (Wildman–Crippen LogP) is 3.53. The first-order valence-electron chi connectivity index (χ1n) is 10.7. The summed E-state index contributed by atoms with van der Waals surface area (Å²) in [4.78, 5) is 26.7. The van der Waals surface area contributed by atoms with Crippen LogP contribution in [0.25, 0.3) is 23.2 Å². The van der Waals surface area contributed by atoms with E-state index in [-0.39, 0.29) is 5.70 Å². The molecule has 5 rings (SSSR count). The third-order valence-corrected chi connectivity index (χ3v) is 6.59. The van der Waals surface area contributed by atoms with E-state index in [0.717, 1.165) is 29.7 Å². The zero-order valence-electron chi connectivity index (χ0n) is 18.3. The highest BCUT2D eigenvalue weighted by atomic mass is 32.1. The molecular weight excluding hydrogens is 468 g/mol. The van der Waals surface area contributed by atoms with E-state index in [9.17, 15) is 14.9 Å². The minimum atomic E-state index is -0.824. The lowest BCUT2D eigenvalue weighted by Crippen LogP contribution is -2.23. The molecule has 174 valence electrons.